The summed E-state index contributed by atoms with van der Waals surface area (Å²) in [6.07, 6.45) is -16.3. The Morgan fingerprint density at radius 1 is 0.863 bits per heavy atom. The lowest BCUT2D eigenvalue weighted by Gasteiger charge is -2.37. The van der Waals surface area contributed by atoms with Gasteiger partial charge >= 0.3 is 18.0 Å². The molecule has 1 fully saturated rings. The quantitative estimate of drug-likeness (QED) is 0.0834. The van der Waals surface area contributed by atoms with E-state index in [0.717, 1.165) is 22.4 Å². The summed E-state index contributed by atoms with van der Waals surface area (Å²) in [7, 11) is 1.52. The second-order valence-corrected chi connectivity index (χ2v) is 11.8. The van der Waals surface area contributed by atoms with Crippen molar-refractivity contribution in [2.45, 2.75) is 49.4 Å². The van der Waals surface area contributed by atoms with Crippen LogP contribution in [-0.2, 0) is 24.5 Å². The van der Waals surface area contributed by atoms with Gasteiger partial charge in [0.2, 0.25) is 0 Å². The first-order chi connectivity index (χ1) is 24.1. The molecule has 2 N–H and O–H groups in total. The Balaban J connectivity index is 1.48. The molecule has 0 bridgehead atoms. The van der Waals surface area contributed by atoms with E-state index in [2.05, 4.69) is 4.74 Å². The van der Waals surface area contributed by atoms with E-state index in [9.17, 15) is 41.0 Å². The zero-order chi connectivity index (χ0) is 37.0. The van der Waals surface area contributed by atoms with Gasteiger partial charge in [0.25, 0.3) is 5.56 Å². The highest BCUT2D eigenvalue weighted by atomic mass is 19.4. The number of nitrogens with one attached hydrogen (secondary N) is 1. The maximum atomic E-state index is 13.0. The summed E-state index contributed by atoms with van der Waals surface area (Å²) >= 11 is 0. The van der Waals surface area contributed by atoms with Crippen LogP contribution in [0.15, 0.2) is 101 Å². The van der Waals surface area contributed by atoms with E-state index in [1.54, 1.807) is 24.3 Å². The number of hydrogen-bond donors (Lipinski definition) is 2. The average molecular weight is 725 g/mol. The number of aromatic nitrogens is 2. The number of nitrogens with zero attached hydrogens (tertiary/aromatic N) is 1. The zero-order valence-corrected chi connectivity index (χ0v) is 27.2. The third-order valence-electron chi connectivity index (χ3n) is 8.46. The normalized spacial score (nSPS) is 20.7. The van der Waals surface area contributed by atoms with Crippen LogP contribution in [0.1, 0.15) is 28.5 Å². The molecule has 0 spiro atoms. The largest absolute Gasteiger partial charge is 0.497 e. The molecule has 16 heteroatoms. The molecule has 5 atom stereocenters. The van der Waals surface area contributed by atoms with E-state index in [1.807, 2.05) is 66.5 Å². The number of methoxy groups -OCH3 is 1. The maximum absolute atomic E-state index is 13.0. The number of hydrogen-bond acceptors (Lipinski definition) is 8. The predicted octanol–water partition coefficient (Wildman–Crippen LogP) is 5.22. The summed E-state index contributed by atoms with van der Waals surface area (Å²) in [6, 6.07) is 24.8. The number of aromatic amines is 1. The van der Waals surface area contributed by atoms with E-state index in [1.165, 1.54) is 7.11 Å². The summed E-state index contributed by atoms with van der Waals surface area (Å²) in [4.78, 5) is 26.5. The minimum absolute atomic E-state index is 0.379. The Hall–Kier alpha value is -4.48. The summed E-state index contributed by atoms with van der Waals surface area (Å²) in [5.74, 6) is -3.21. The number of aliphatic hydroxyl groups is 1. The molecule has 10 nitrogen and oxygen atoms in total. The number of aliphatic hydroxyl groups excluding tert-OH is 1. The van der Waals surface area contributed by atoms with Crippen LogP contribution in [0.25, 0.3) is 0 Å². The molecule has 1 aromatic heterocycles. The van der Waals surface area contributed by atoms with Gasteiger partial charge in [0, 0.05) is 12.3 Å². The standard InChI is InChI=1S/C35H34F6N2O8/c1-21-8-10-23(11-9-21)33(22-6-4-3-5-7-22,24-12-14-25(47-2)15-13-24)50-18-26-29(45)30(31(51-26)43-17-16-28(44)42-32(43)46)49-20-48-19-27(34(36,37)38)35(39,40)41/h3-17,26-27,29-31,45H,18-20H2,1-2H3,(H,42,44,46)/t26-,29?,30+,31-,33?/m1/s1. The van der Waals surface area contributed by atoms with Gasteiger partial charge in [-0.25, -0.2) is 4.79 Å². The lowest BCUT2D eigenvalue weighted by molar-refractivity contribution is -0.299. The molecule has 1 aliphatic heterocycles. The first kappa shape index (κ1) is 37.8. The highest BCUT2D eigenvalue weighted by Crippen LogP contribution is 2.43. The summed E-state index contributed by atoms with van der Waals surface area (Å²) in [5, 5.41) is 11.5. The van der Waals surface area contributed by atoms with Crippen LogP contribution in [0.3, 0.4) is 0 Å². The highest BCUT2D eigenvalue weighted by Gasteiger charge is 2.57. The first-order valence-corrected chi connectivity index (χ1v) is 15.5. The monoisotopic (exact) mass is 724 g/mol. The van der Waals surface area contributed by atoms with Gasteiger partial charge in [-0.3, -0.25) is 14.3 Å². The molecule has 2 heterocycles. The van der Waals surface area contributed by atoms with Crippen LogP contribution in [0.2, 0.25) is 0 Å². The fourth-order valence-corrected chi connectivity index (χ4v) is 5.80. The Kier molecular flexibility index (Phi) is 11.4. The molecule has 0 aliphatic carbocycles. The average Bonchev–Trinajstić information content (AvgIpc) is 3.39. The molecule has 0 amide bonds. The van der Waals surface area contributed by atoms with Crippen LogP contribution < -0.4 is 16.0 Å². The number of rotatable bonds is 13. The number of aryl methyl sites for hydroxylation is 1. The second kappa shape index (κ2) is 15.4. The van der Waals surface area contributed by atoms with Gasteiger partial charge in [0.15, 0.2) is 12.1 Å². The van der Waals surface area contributed by atoms with Gasteiger partial charge in [-0.2, -0.15) is 26.3 Å². The Morgan fingerprint density at radius 2 is 1.45 bits per heavy atom. The highest BCUT2D eigenvalue weighted by molar-refractivity contribution is 5.49. The van der Waals surface area contributed by atoms with Gasteiger partial charge in [-0.1, -0.05) is 72.3 Å². The van der Waals surface area contributed by atoms with Gasteiger partial charge in [0.1, 0.15) is 36.5 Å². The number of ether oxygens (including phenoxy) is 5. The summed E-state index contributed by atoms with van der Waals surface area (Å²) in [5.41, 5.74) is -0.0727. The van der Waals surface area contributed by atoms with Gasteiger partial charge < -0.3 is 28.8 Å². The topological polar surface area (TPSA) is 121 Å². The van der Waals surface area contributed by atoms with Crippen LogP contribution in [0.4, 0.5) is 26.3 Å². The number of benzene rings is 3. The molecule has 0 radical (unpaired) electrons. The van der Waals surface area contributed by atoms with Crippen LogP contribution in [0, 0.1) is 12.8 Å². The minimum Gasteiger partial charge on any atom is -0.497 e. The van der Waals surface area contributed by atoms with Crippen molar-refractivity contribution in [2.24, 2.45) is 5.92 Å². The van der Waals surface area contributed by atoms with Crippen molar-refractivity contribution in [2.75, 3.05) is 27.1 Å². The van der Waals surface area contributed by atoms with Crippen molar-refractivity contribution >= 4 is 0 Å². The number of H-pyrrole nitrogens is 1. The van der Waals surface area contributed by atoms with E-state index >= 15 is 0 Å². The summed E-state index contributed by atoms with van der Waals surface area (Å²) < 4.78 is 107. The molecule has 2 unspecified atom stereocenters. The molecule has 5 rings (SSSR count). The van der Waals surface area contributed by atoms with Crippen molar-refractivity contribution in [3.63, 3.8) is 0 Å². The van der Waals surface area contributed by atoms with Gasteiger partial charge in [-0.05, 0) is 35.7 Å². The van der Waals surface area contributed by atoms with E-state index in [0.29, 0.717) is 22.4 Å². The smallest absolute Gasteiger partial charge is 0.402 e. The predicted molar refractivity (Wildman–Crippen MR) is 169 cm³/mol. The second-order valence-electron chi connectivity index (χ2n) is 11.8. The molecular weight excluding hydrogens is 690 g/mol. The lowest BCUT2D eigenvalue weighted by Crippen LogP contribution is -2.42. The minimum atomic E-state index is -5.64. The molecule has 1 aliphatic rings. The Morgan fingerprint density at radius 3 is 2.02 bits per heavy atom. The molecule has 274 valence electrons. The van der Waals surface area contributed by atoms with E-state index in [4.69, 9.17) is 18.9 Å². The van der Waals surface area contributed by atoms with Crippen molar-refractivity contribution in [3.8, 4) is 5.75 Å². The van der Waals surface area contributed by atoms with Crippen molar-refractivity contribution < 1.29 is 55.1 Å². The van der Waals surface area contributed by atoms with Crippen molar-refractivity contribution in [1.82, 2.24) is 9.55 Å². The Bertz CT molecular complexity index is 1830. The van der Waals surface area contributed by atoms with Gasteiger partial charge in [0.05, 0.1) is 20.3 Å². The molecule has 51 heavy (non-hydrogen) atoms. The fourth-order valence-electron chi connectivity index (χ4n) is 5.80. The van der Waals surface area contributed by atoms with Crippen LogP contribution >= 0.6 is 0 Å². The summed E-state index contributed by atoms with van der Waals surface area (Å²) in [6.45, 7) is -1.42. The molecule has 1 saturated heterocycles. The Labute approximate surface area is 287 Å². The maximum Gasteiger partial charge on any atom is 0.402 e. The molecule has 0 saturated carbocycles. The van der Waals surface area contributed by atoms with E-state index < -0.39 is 73.1 Å². The number of halogens is 6. The van der Waals surface area contributed by atoms with Crippen LogP contribution in [-0.4, -0.2) is 72.4 Å². The SMILES string of the molecule is COc1ccc(C(OC[C@H]2O[C@@H](n3ccc(=O)[nH]c3=O)[C@@H](OCOCC(C(F)(F)F)C(F)(F)F)C2O)(c2ccccc2)c2ccc(C)cc2)cc1. The van der Waals surface area contributed by atoms with Crippen molar-refractivity contribution in [1.29, 1.82) is 0 Å². The lowest BCUT2D eigenvalue weighted by atomic mass is 9.79. The first-order valence-electron chi connectivity index (χ1n) is 15.5. The van der Waals surface area contributed by atoms with Crippen LogP contribution in [0.5, 0.6) is 5.75 Å². The number of alkyl halides is 6. The fraction of sp³-hybridized carbons (Fsp3) is 0.371. The molecule has 3 aromatic carbocycles. The third kappa shape index (κ3) is 8.37. The molecular formula is C35H34F6N2O8. The zero-order valence-electron chi connectivity index (χ0n) is 27.2. The van der Waals surface area contributed by atoms with Gasteiger partial charge in [-0.15, -0.1) is 0 Å². The van der Waals surface area contributed by atoms with Crippen molar-refractivity contribution in [3.05, 3.63) is 134 Å². The van der Waals surface area contributed by atoms with E-state index in [-0.39, 0.29) is 6.61 Å². The third-order valence-corrected chi connectivity index (χ3v) is 8.46. The molecule has 4 aromatic rings.